The first-order chi connectivity index (χ1) is 19.3. The van der Waals surface area contributed by atoms with Gasteiger partial charge in [-0.1, -0.05) is 65.0 Å². The maximum Gasteiger partial charge on any atom is 0.326 e. The van der Waals surface area contributed by atoms with Gasteiger partial charge in [-0.15, -0.1) is 0 Å². The Kier molecular flexibility index (Phi) is 16.0. The normalized spacial score (nSPS) is 14.9. The molecule has 0 spiro atoms. The molecule has 5 atom stereocenters. The molecule has 0 aliphatic rings. The average Bonchev–Trinajstić information content (AvgIpc) is 2.92. The number of rotatable bonds is 19. The van der Waals surface area contributed by atoms with E-state index < -0.39 is 54.0 Å². The van der Waals surface area contributed by atoms with Crippen LogP contribution in [0.2, 0.25) is 0 Å². The minimum absolute atomic E-state index is 0.00168. The summed E-state index contributed by atoms with van der Waals surface area (Å²) in [6.07, 6.45) is 4.76. The Morgan fingerprint density at radius 3 is 2.07 bits per heavy atom. The van der Waals surface area contributed by atoms with Crippen LogP contribution in [0, 0.1) is 5.92 Å². The number of phenols is 1. The third kappa shape index (κ3) is 12.5. The van der Waals surface area contributed by atoms with Crippen LogP contribution >= 0.6 is 0 Å². The van der Waals surface area contributed by atoms with Gasteiger partial charge >= 0.3 is 5.97 Å². The largest absolute Gasteiger partial charge is 0.508 e. The van der Waals surface area contributed by atoms with Crippen LogP contribution < -0.4 is 16.0 Å². The van der Waals surface area contributed by atoms with E-state index in [1.807, 2.05) is 13.8 Å². The molecule has 0 fully saturated rings. The lowest BCUT2D eigenvalue weighted by molar-refractivity contribution is -0.146. The molecule has 1 aromatic carbocycles. The third-order valence-corrected chi connectivity index (χ3v) is 7.17. The Morgan fingerprint density at radius 2 is 1.54 bits per heavy atom. The van der Waals surface area contributed by atoms with Crippen molar-refractivity contribution >= 4 is 23.7 Å². The molecule has 6 N–H and O–H groups in total. The van der Waals surface area contributed by atoms with Crippen molar-refractivity contribution in [2.75, 3.05) is 14.1 Å². The lowest BCUT2D eigenvalue weighted by Gasteiger charge is -2.32. The number of hydrogen-bond donors (Lipinski definition) is 6. The lowest BCUT2D eigenvalue weighted by Crippen LogP contribution is -2.57. The summed E-state index contributed by atoms with van der Waals surface area (Å²) in [5.41, 5.74) is 0.607. The highest BCUT2D eigenvalue weighted by Gasteiger charge is 2.34. The predicted molar refractivity (Wildman–Crippen MR) is 157 cm³/mol. The number of nitrogens with zero attached hydrogens (tertiary/aromatic N) is 1. The van der Waals surface area contributed by atoms with Gasteiger partial charge in [-0.25, -0.2) is 4.79 Å². The van der Waals surface area contributed by atoms with Gasteiger partial charge in [0.2, 0.25) is 11.8 Å². The highest BCUT2D eigenvalue weighted by molar-refractivity contribution is 5.93. The number of amides is 3. The van der Waals surface area contributed by atoms with Crippen LogP contribution in [0.1, 0.15) is 78.2 Å². The Labute approximate surface area is 244 Å². The number of aliphatic carboxylic acids is 1. The fourth-order valence-corrected chi connectivity index (χ4v) is 4.65. The summed E-state index contributed by atoms with van der Waals surface area (Å²) < 4.78 is 0. The van der Waals surface area contributed by atoms with E-state index in [0.29, 0.717) is 12.0 Å². The summed E-state index contributed by atoms with van der Waals surface area (Å²) in [6.45, 7) is 7.38. The van der Waals surface area contributed by atoms with Crippen LogP contribution in [0.15, 0.2) is 24.3 Å². The predicted octanol–water partition coefficient (Wildman–Crippen LogP) is 2.19. The molecule has 41 heavy (non-hydrogen) atoms. The van der Waals surface area contributed by atoms with Crippen molar-refractivity contribution < 1.29 is 34.5 Å². The number of carbonyl (C=O) groups is 4. The number of likely N-dealkylation sites (N-methyl/N-ethyl adjacent to an activating group) is 2. The zero-order valence-electron chi connectivity index (χ0n) is 25.4. The minimum atomic E-state index is -1.35. The Balaban J connectivity index is 2.88. The zero-order chi connectivity index (χ0) is 31.1. The van der Waals surface area contributed by atoms with Crippen molar-refractivity contribution in [1.82, 2.24) is 20.9 Å². The molecule has 0 aromatic heterocycles. The molecule has 0 bridgehead atoms. The highest BCUT2D eigenvalue weighted by atomic mass is 16.4. The van der Waals surface area contributed by atoms with Crippen molar-refractivity contribution in [2.24, 2.45) is 5.92 Å². The van der Waals surface area contributed by atoms with Crippen molar-refractivity contribution in [3.8, 4) is 5.75 Å². The summed E-state index contributed by atoms with van der Waals surface area (Å²) in [5.74, 6) is -3.05. The number of phenolic OH excluding ortho intramolecular Hbond substituents is 1. The first kappa shape index (κ1) is 35.8. The summed E-state index contributed by atoms with van der Waals surface area (Å²) in [7, 11) is 3.12. The second-order valence-corrected chi connectivity index (χ2v) is 11.1. The molecular formula is C30H50N4O7. The lowest BCUT2D eigenvalue weighted by atomic mass is 9.99. The molecule has 0 saturated carbocycles. The van der Waals surface area contributed by atoms with Gasteiger partial charge in [0.05, 0.1) is 0 Å². The van der Waals surface area contributed by atoms with E-state index >= 15 is 0 Å². The topological polar surface area (TPSA) is 168 Å². The maximum absolute atomic E-state index is 13.3. The van der Waals surface area contributed by atoms with Crippen LogP contribution in [0.25, 0.3) is 0 Å². The molecule has 1 aromatic rings. The molecule has 11 nitrogen and oxygen atoms in total. The van der Waals surface area contributed by atoms with Gasteiger partial charge in [-0.05, 0) is 50.4 Å². The zero-order valence-corrected chi connectivity index (χ0v) is 25.4. The molecular weight excluding hydrogens is 528 g/mol. The van der Waals surface area contributed by atoms with E-state index in [1.165, 1.54) is 31.0 Å². The fourth-order valence-electron chi connectivity index (χ4n) is 4.65. The molecule has 1 rings (SSSR count). The van der Waals surface area contributed by atoms with Gasteiger partial charge in [0.15, 0.2) is 0 Å². The summed E-state index contributed by atoms with van der Waals surface area (Å²) >= 11 is 0. The van der Waals surface area contributed by atoms with Crippen molar-refractivity contribution in [2.45, 2.75) is 109 Å². The number of aromatic hydroxyl groups is 1. The second kappa shape index (κ2) is 18.3. The highest BCUT2D eigenvalue weighted by Crippen LogP contribution is 2.15. The maximum atomic E-state index is 13.3. The van der Waals surface area contributed by atoms with E-state index in [4.69, 9.17) is 0 Å². The van der Waals surface area contributed by atoms with Crippen LogP contribution in [0.4, 0.5) is 0 Å². The summed E-state index contributed by atoms with van der Waals surface area (Å²) in [6, 6.07) is 2.29. The fraction of sp³-hybridized carbons (Fsp3) is 0.667. The van der Waals surface area contributed by atoms with E-state index in [9.17, 15) is 34.5 Å². The van der Waals surface area contributed by atoms with Crippen LogP contribution in [-0.4, -0.2) is 88.3 Å². The van der Waals surface area contributed by atoms with E-state index in [-0.39, 0.29) is 24.5 Å². The first-order valence-electron chi connectivity index (χ1n) is 14.6. The van der Waals surface area contributed by atoms with E-state index in [0.717, 1.165) is 32.1 Å². The first-order valence-corrected chi connectivity index (χ1v) is 14.6. The number of hydrogen-bond acceptors (Lipinski definition) is 7. The van der Waals surface area contributed by atoms with Gasteiger partial charge in [-0.2, -0.15) is 0 Å². The number of nitrogens with one attached hydrogen (secondary N) is 3. The molecule has 0 aliphatic carbocycles. The average molecular weight is 579 g/mol. The number of benzene rings is 1. The molecule has 11 heteroatoms. The Bertz CT molecular complexity index is 970. The van der Waals surface area contributed by atoms with E-state index in [2.05, 4.69) is 22.9 Å². The van der Waals surface area contributed by atoms with Crippen LogP contribution in [0.3, 0.4) is 0 Å². The number of carboxylic acids is 1. The number of unbranched alkanes of at least 4 members (excludes halogenated alkanes) is 4. The molecule has 232 valence electrons. The number of aliphatic hydroxyl groups is 1. The van der Waals surface area contributed by atoms with Crippen LogP contribution in [-0.2, 0) is 25.6 Å². The summed E-state index contributed by atoms with van der Waals surface area (Å²) in [5, 5.41) is 37.9. The number of carboxylic acid groups (broad SMARTS) is 1. The third-order valence-electron chi connectivity index (χ3n) is 7.17. The van der Waals surface area contributed by atoms with Gasteiger partial charge < -0.3 is 36.2 Å². The smallest absolute Gasteiger partial charge is 0.326 e. The molecule has 0 saturated heterocycles. The van der Waals surface area contributed by atoms with Gasteiger partial charge in [0.25, 0.3) is 5.91 Å². The monoisotopic (exact) mass is 578 g/mol. The van der Waals surface area contributed by atoms with Crippen molar-refractivity contribution in [1.29, 1.82) is 0 Å². The standard InChI is InChI=1S/C30H50N4O7/c1-7-8-9-10-11-12-23(31-5)26(36)28(38)32-20(4)29(39)34(6)25(17-19(2)3)27(37)33-24(30(40)41)18-21-13-15-22(35)16-14-21/h13-16,19-20,23-26,31,35-36H,7-12,17-18H2,1-6H3,(H,32,38)(H,33,37)(H,40,41). The Morgan fingerprint density at radius 1 is 0.927 bits per heavy atom. The SMILES string of the molecule is CCCCCCCC(NC)C(O)C(=O)NC(C)C(=O)N(C)C(CC(C)C)C(=O)NC(Cc1ccc(O)cc1)C(=O)O. The number of carbonyl (C=O) groups excluding carboxylic acids is 3. The summed E-state index contributed by atoms with van der Waals surface area (Å²) in [4.78, 5) is 52.5. The molecule has 5 unspecified atom stereocenters. The van der Waals surface area contributed by atoms with Crippen LogP contribution in [0.5, 0.6) is 5.75 Å². The van der Waals surface area contributed by atoms with Crippen molar-refractivity contribution in [3.63, 3.8) is 0 Å². The molecule has 0 radical (unpaired) electrons. The van der Waals surface area contributed by atoms with Crippen molar-refractivity contribution in [3.05, 3.63) is 29.8 Å². The minimum Gasteiger partial charge on any atom is -0.508 e. The van der Waals surface area contributed by atoms with Gasteiger partial charge in [-0.3, -0.25) is 14.4 Å². The van der Waals surface area contributed by atoms with Gasteiger partial charge in [0.1, 0.15) is 30.0 Å². The number of aliphatic hydroxyl groups excluding tert-OH is 1. The molecule has 0 heterocycles. The Hall–Kier alpha value is -3.18. The molecule has 3 amide bonds. The second-order valence-electron chi connectivity index (χ2n) is 11.1. The van der Waals surface area contributed by atoms with Gasteiger partial charge in [0, 0.05) is 19.5 Å². The molecule has 0 aliphatic heterocycles. The quantitative estimate of drug-likeness (QED) is 0.136. The van der Waals surface area contributed by atoms with E-state index in [1.54, 1.807) is 19.2 Å².